The first-order valence-electron chi connectivity index (χ1n) is 7.78. The summed E-state index contributed by atoms with van der Waals surface area (Å²) in [6.45, 7) is 9.63. The number of nitrogens with zero attached hydrogens (tertiary/aromatic N) is 3. The number of nitrogens with one attached hydrogen (secondary N) is 2. The first-order chi connectivity index (χ1) is 10.7. The molecule has 0 fully saturated rings. The van der Waals surface area contributed by atoms with Gasteiger partial charge in [0.1, 0.15) is 5.65 Å². The van der Waals surface area contributed by atoms with E-state index in [0.717, 1.165) is 37.0 Å². The van der Waals surface area contributed by atoms with Crippen LogP contribution in [0.1, 0.15) is 25.2 Å². The summed E-state index contributed by atoms with van der Waals surface area (Å²) in [6, 6.07) is 6.09. The number of aliphatic imine (C=N–C) groups is 1. The fourth-order valence-electron chi connectivity index (χ4n) is 2.16. The Morgan fingerprint density at radius 1 is 1.30 bits per heavy atom. The van der Waals surface area contributed by atoms with E-state index in [2.05, 4.69) is 38.0 Å². The number of aromatic nitrogens is 2. The molecule has 2 N–H and O–H groups in total. The van der Waals surface area contributed by atoms with Gasteiger partial charge in [-0.25, -0.2) is 9.98 Å². The molecule has 0 spiro atoms. The van der Waals surface area contributed by atoms with Gasteiger partial charge in [-0.2, -0.15) is 0 Å². The average Bonchev–Trinajstić information content (AvgIpc) is 2.93. The number of fused-ring (bicyclic) bond motifs is 1. The number of hydrogen-bond donors (Lipinski definition) is 2. The number of aryl methyl sites for hydroxylation is 1. The minimum absolute atomic E-state index is 0. The maximum atomic E-state index is 5.32. The van der Waals surface area contributed by atoms with Crippen molar-refractivity contribution in [2.75, 3.05) is 26.3 Å². The Morgan fingerprint density at radius 2 is 2.13 bits per heavy atom. The summed E-state index contributed by atoms with van der Waals surface area (Å²) in [5, 5.41) is 6.47. The van der Waals surface area contributed by atoms with Gasteiger partial charge in [-0.15, -0.1) is 24.0 Å². The largest absolute Gasteiger partial charge is 0.380 e. The number of guanidine groups is 1. The second kappa shape index (κ2) is 10.4. The highest BCUT2D eigenvalue weighted by Gasteiger charge is 2.03. The zero-order chi connectivity index (χ0) is 15.8. The lowest BCUT2D eigenvalue weighted by Gasteiger charge is -2.10. The third-order valence-corrected chi connectivity index (χ3v) is 3.23. The van der Waals surface area contributed by atoms with Crippen LogP contribution in [0.3, 0.4) is 0 Å². The van der Waals surface area contributed by atoms with Crippen LogP contribution < -0.4 is 10.6 Å². The third-order valence-electron chi connectivity index (χ3n) is 3.23. The molecule has 0 bridgehead atoms. The van der Waals surface area contributed by atoms with E-state index in [4.69, 9.17) is 4.74 Å². The van der Waals surface area contributed by atoms with Gasteiger partial charge in [0.05, 0.1) is 18.8 Å². The predicted octanol–water partition coefficient (Wildman–Crippen LogP) is 2.35. The zero-order valence-electron chi connectivity index (χ0n) is 14.0. The van der Waals surface area contributed by atoms with E-state index < -0.39 is 0 Å². The number of halogens is 1. The Bertz CT molecular complexity index is 626. The maximum absolute atomic E-state index is 5.32. The van der Waals surface area contributed by atoms with E-state index >= 15 is 0 Å². The van der Waals surface area contributed by atoms with Crippen molar-refractivity contribution >= 4 is 35.6 Å². The second-order valence-electron chi connectivity index (χ2n) is 4.95. The summed E-state index contributed by atoms with van der Waals surface area (Å²) in [5.41, 5.74) is 3.08. The average molecular weight is 431 g/mol. The highest BCUT2D eigenvalue weighted by atomic mass is 127. The van der Waals surface area contributed by atoms with Crippen LogP contribution in [0.5, 0.6) is 0 Å². The maximum Gasteiger partial charge on any atom is 0.191 e. The van der Waals surface area contributed by atoms with Crippen molar-refractivity contribution in [3.63, 3.8) is 0 Å². The Labute approximate surface area is 154 Å². The standard InChI is InChI=1S/C16H25N5O.HI/c1-4-17-16(18-9-10-22-5-2)19-11-14-12-21-13(3)7-6-8-15(21)20-14;/h6-8,12H,4-5,9-11H2,1-3H3,(H2,17,18,19);1H. The van der Waals surface area contributed by atoms with Gasteiger partial charge in [0.25, 0.3) is 0 Å². The lowest BCUT2D eigenvalue weighted by Crippen LogP contribution is -2.39. The van der Waals surface area contributed by atoms with Crippen molar-refractivity contribution in [3.8, 4) is 0 Å². The van der Waals surface area contributed by atoms with Gasteiger partial charge in [0.15, 0.2) is 5.96 Å². The van der Waals surface area contributed by atoms with E-state index in [1.807, 2.05) is 32.2 Å². The van der Waals surface area contributed by atoms with Crippen LogP contribution in [0.15, 0.2) is 29.4 Å². The molecule has 6 nitrogen and oxygen atoms in total. The lowest BCUT2D eigenvalue weighted by molar-refractivity contribution is 0.152. The van der Waals surface area contributed by atoms with Crippen molar-refractivity contribution in [2.24, 2.45) is 4.99 Å². The van der Waals surface area contributed by atoms with Gasteiger partial charge in [-0.3, -0.25) is 0 Å². The van der Waals surface area contributed by atoms with Gasteiger partial charge in [-0.05, 0) is 32.9 Å². The van der Waals surface area contributed by atoms with Gasteiger partial charge >= 0.3 is 0 Å². The fourth-order valence-corrected chi connectivity index (χ4v) is 2.16. The Morgan fingerprint density at radius 3 is 2.83 bits per heavy atom. The summed E-state index contributed by atoms with van der Waals surface area (Å²) >= 11 is 0. The van der Waals surface area contributed by atoms with E-state index in [9.17, 15) is 0 Å². The molecule has 0 unspecified atom stereocenters. The van der Waals surface area contributed by atoms with Crippen LogP contribution in [0.2, 0.25) is 0 Å². The van der Waals surface area contributed by atoms with E-state index in [1.165, 1.54) is 5.69 Å². The summed E-state index contributed by atoms with van der Waals surface area (Å²) in [4.78, 5) is 9.16. The van der Waals surface area contributed by atoms with Gasteiger partial charge < -0.3 is 19.8 Å². The first-order valence-corrected chi connectivity index (χ1v) is 7.78. The molecule has 2 aromatic heterocycles. The fraction of sp³-hybridized carbons (Fsp3) is 0.500. The molecule has 7 heteroatoms. The van der Waals surface area contributed by atoms with Gasteiger partial charge in [0.2, 0.25) is 0 Å². The van der Waals surface area contributed by atoms with Crippen LogP contribution in [0, 0.1) is 6.92 Å². The Hall–Kier alpha value is -1.35. The summed E-state index contributed by atoms with van der Waals surface area (Å²) in [6.07, 6.45) is 2.04. The summed E-state index contributed by atoms with van der Waals surface area (Å²) in [7, 11) is 0. The number of imidazole rings is 1. The minimum atomic E-state index is 0. The minimum Gasteiger partial charge on any atom is -0.380 e. The third kappa shape index (κ3) is 5.98. The quantitative estimate of drug-likeness (QED) is 0.306. The molecule has 0 amide bonds. The molecule has 2 aromatic rings. The van der Waals surface area contributed by atoms with Crippen molar-refractivity contribution in [3.05, 3.63) is 35.8 Å². The molecule has 0 aliphatic heterocycles. The molecule has 2 heterocycles. The van der Waals surface area contributed by atoms with Crippen molar-refractivity contribution in [1.82, 2.24) is 20.0 Å². The molecule has 0 aliphatic rings. The van der Waals surface area contributed by atoms with Crippen LogP contribution in [0.4, 0.5) is 0 Å². The number of pyridine rings is 1. The Balaban J connectivity index is 0.00000264. The molecule has 2 rings (SSSR count). The first kappa shape index (κ1) is 19.7. The molecular formula is C16H26IN5O. The van der Waals surface area contributed by atoms with E-state index in [1.54, 1.807) is 0 Å². The van der Waals surface area contributed by atoms with Gasteiger partial charge in [-0.1, -0.05) is 6.07 Å². The highest BCUT2D eigenvalue weighted by molar-refractivity contribution is 14.0. The molecule has 0 aromatic carbocycles. The SMILES string of the molecule is CCNC(=NCc1cn2c(C)cccc2n1)NCCOCC.I. The van der Waals surface area contributed by atoms with Gasteiger partial charge in [0, 0.05) is 31.6 Å². The summed E-state index contributed by atoms with van der Waals surface area (Å²) < 4.78 is 7.40. The van der Waals surface area contributed by atoms with Crippen LogP contribution in [-0.2, 0) is 11.3 Å². The number of ether oxygens (including phenoxy) is 1. The monoisotopic (exact) mass is 431 g/mol. The normalized spacial score (nSPS) is 11.3. The molecule has 0 atom stereocenters. The zero-order valence-corrected chi connectivity index (χ0v) is 16.3. The summed E-state index contributed by atoms with van der Waals surface area (Å²) in [5.74, 6) is 0.788. The smallest absolute Gasteiger partial charge is 0.191 e. The number of hydrogen-bond acceptors (Lipinski definition) is 3. The van der Waals surface area contributed by atoms with Crippen molar-refractivity contribution in [2.45, 2.75) is 27.3 Å². The molecule has 0 saturated carbocycles. The number of rotatable bonds is 7. The van der Waals surface area contributed by atoms with Crippen LogP contribution in [-0.4, -0.2) is 41.6 Å². The molecule has 0 aliphatic carbocycles. The van der Waals surface area contributed by atoms with Crippen LogP contribution in [0.25, 0.3) is 5.65 Å². The molecular weight excluding hydrogens is 405 g/mol. The molecule has 128 valence electrons. The van der Waals surface area contributed by atoms with Crippen molar-refractivity contribution < 1.29 is 4.74 Å². The van der Waals surface area contributed by atoms with Crippen LogP contribution >= 0.6 is 24.0 Å². The topological polar surface area (TPSA) is 63.0 Å². The molecule has 0 radical (unpaired) electrons. The van der Waals surface area contributed by atoms with Crippen molar-refractivity contribution in [1.29, 1.82) is 0 Å². The molecule has 0 saturated heterocycles. The van der Waals surface area contributed by atoms with E-state index in [0.29, 0.717) is 13.2 Å². The molecule has 23 heavy (non-hydrogen) atoms. The van der Waals surface area contributed by atoms with E-state index in [-0.39, 0.29) is 24.0 Å². The second-order valence-corrected chi connectivity index (χ2v) is 4.95. The predicted molar refractivity (Wildman–Crippen MR) is 105 cm³/mol. The Kier molecular flexibility index (Phi) is 8.93. The highest BCUT2D eigenvalue weighted by Crippen LogP contribution is 2.09. The lowest BCUT2D eigenvalue weighted by atomic mass is 10.4.